The van der Waals surface area contributed by atoms with Gasteiger partial charge in [-0.25, -0.2) is 5.26 Å². The molecule has 0 saturated carbocycles. The van der Waals surface area contributed by atoms with Gasteiger partial charge in [-0.15, -0.1) is 4.33 Å². The Kier molecular flexibility index (Phi) is 4.45. The van der Waals surface area contributed by atoms with Gasteiger partial charge in [-0.2, -0.15) is 8.42 Å². The minimum Gasteiger partial charge on any atom is -0.350 e. The van der Waals surface area contributed by atoms with Crippen LogP contribution in [0.1, 0.15) is 20.7 Å². The first-order chi connectivity index (χ1) is 13.3. The number of benzene rings is 2. The van der Waals surface area contributed by atoms with Gasteiger partial charge in [0, 0.05) is 16.0 Å². The van der Waals surface area contributed by atoms with E-state index in [1.807, 2.05) is 0 Å². The van der Waals surface area contributed by atoms with E-state index in [0.29, 0.717) is 28.3 Å². The molecule has 0 spiro atoms. The summed E-state index contributed by atoms with van der Waals surface area (Å²) in [7, 11) is -4.47. The number of Topliss-reactive ketones (excluding diaryl/α,β-unsaturated/α-hetero) is 2. The van der Waals surface area contributed by atoms with E-state index in [9.17, 15) is 18.0 Å². The standard InChI is InChI=1S/C16H10N2O8S2/c19-15-9-5-7(27-26-25-21)1-3-11(9)17-13(15)14-16(20)10-6-8(28(22,23)24)2-4-12(10)18-14/h1-6,17-18,21H,(H,22,23,24)/b14-13-. The zero-order chi connectivity index (χ0) is 20.1. The molecule has 0 unspecified atom stereocenters. The predicted molar refractivity (Wildman–Crippen MR) is 96.3 cm³/mol. The Balaban J connectivity index is 1.70. The Labute approximate surface area is 162 Å². The molecule has 2 aromatic carbocycles. The van der Waals surface area contributed by atoms with Crippen LogP contribution in [0.3, 0.4) is 0 Å². The van der Waals surface area contributed by atoms with Gasteiger partial charge in [0.2, 0.25) is 11.6 Å². The number of hydrogen-bond acceptors (Lipinski definition) is 10. The Hall–Kier alpha value is -2.74. The minimum absolute atomic E-state index is 0.00563. The summed E-state index contributed by atoms with van der Waals surface area (Å²) in [6.45, 7) is 0. The smallest absolute Gasteiger partial charge is 0.294 e. The van der Waals surface area contributed by atoms with Gasteiger partial charge in [0.1, 0.15) is 11.4 Å². The van der Waals surface area contributed by atoms with Gasteiger partial charge in [-0.05, 0) is 36.4 Å². The molecule has 12 heteroatoms. The van der Waals surface area contributed by atoms with Crippen molar-refractivity contribution in [3.8, 4) is 0 Å². The van der Waals surface area contributed by atoms with Gasteiger partial charge in [0.05, 0.1) is 28.3 Å². The fraction of sp³-hybridized carbons (Fsp3) is 0. The lowest BCUT2D eigenvalue weighted by Gasteiger charge is -2.03. The lowest BCUT2D eigenvalue weighted by Crippen LogP contribution is -2.13. The number of rotatable bonds is 4. The number of nitrogens with one attached hydrogen (secondary N) is 2. The summed E-state index contributed by atoms with van der Waals surface area (Å²) < 4.78 is 36.1. The van der Waals surface area contributed by atoms with Gasteiger partial charge in [0.25, 0.3) is 10.1 Å². The number of hydrogen-bond donors (Lipinski definition) is 4. The highest BCUT2D eigenvalue weighted by atomic mass is 32.2. The van der Waals surface area contributed by atoms with Crippen molar-refractivity contribution < 1.29 is 37.2 Å². The number of anilines is 2. The number of fused-ring (bicyclic) bond motifs is 2. The SMILES string of the molecule is O=C1/C(=C2/Nc3ccc(S(=O)(=O)O)cc3C2=O)Nc2ccc(SOOO)cc21. The second-order valence-electron chi connectivity index (χ2n) is 5.77. The molecule has 4 N–H and O–H groups in total. The highest BCUT2D eigenvalue weighted by Crippen LogP contribution is 2.37. The summed E-state index contributed by atoms with van der Waals surface area (Å²) in [6.07, 6.45) is 0. The lowest BCUT2D eigenvalue weighted by molar-refractivity contribution is -0.432. The summed E-state index contributed by atoms with van der Waals surface area (Å²) in [5, 5.41) is 17.4. The van der Waals surface area contributed by atoms with E-state index in [0.717, 1.165) is 12.1 Å². The fourth-order valence-corrected chi connectivity index (χ4v) is 3.82. The molecule has 2 aromatic rings. The molecule has 0 radical (unpaired) electrons. The molecule has 0 fully saturated rings. The van der Waals surface area contributed by atoms with E-state index in [-0.39, 0.29) is 22.5 Å². The van der Waals surface area contributed by atoms with Gasteiger partial charge >= 0.3 is 0 Å². The van der Waals surface area contributed by atoms with Gasteiger partial charge in [-0.3, -0.25) is 14.1 Å². The van der Waals surface area contributed by atoms with Crippen LogP contribution >= 0.6 is 12.0 Å². The van der Waals surface area contributed by atoms with Crippen LogP contribution in [0.15, 0.2) is 57.6 Å². The van der Waals surface area contributed by atoms with Crippen LogP contribution in [0, 0.1) is 0 Å². The van der Waals surface area contributed by atoms with E-state index >= 15 is 0 Å². The largest absolute Gasteiger partial charge is 0.350 e. The van der Waals surface area contributed by atoms with Crippen molar-refractivity contribution >= 4 is 45.1 Å². The molecule has 0 atom stereocenters. The molecule has 0 aromatic heterocycles. The zero-order valence-corrected chi connectivity index (χ0v) is 15.3. The van der Waals surface area contributed by atoms with E-state index < -0.39 is 26.6 Å². The van der Waals surface area contributed by atoms with Crippen molar-refractivity contribution in [3.05, 3.63) is 58.9 Å². The average Bonchev–Trinajstić information content (AvgIpc) is 3.16. The third kappa shape index (κ3) is 3.07. The Morgan fingerprint density at radius 3 is 2.04 bits per heavy atom. The van der Waals surface area contributed by atoms with Crippen molar-refractivity contribution in [2.45, 2.75) is 9.79 Å². The Morgan fingerprint density at radius 2 is 1.46 bits per heavy atom. The van der Waals surface area contributed by atoms with Gasteiger partial charge < -0.3 is 10.6 Å². The quantitative estimate of drug-likeness (QED) is 0.189. The molecule has 4 rings (SSSR count). The number of carbonyl (C=O) groups is 2. The van der Waals surface area contributed by atoms with E-state index in [2.05, 4.69) is 20.0 Å². The maximum Gasteiger partial charge on any atom is 0.294 e. The molecule has 0 saturated heterocycles. The molecular weight excluding hydrogens is 412 g/mol. The van der Waals surface area contributed by atoms with Crippen LogP contribution in [0.4, 0.5) is 11.4 Å². The molecule has 0 aliphatic carbocycles. The van der Waals surface area contributed by atoms with Crippen LogP contribution in [-0.4, -0.2) is 29.8 Å². The monoisotopic (exact) mass is 422 g/mol. The first-order valence-electron chi connectivity index (χ1n) is 7.57. The molecular formula is C16H10N2O8S2. The molecule has 28 heavy (non-hydrogen) atoms. The van der Waals surface area contributed by atoms with Crippen molar-refractivity contribution in [2.75, 3.05) is 10.6 Å². The van der Waals surface area contributed by atoms with Crippen molar-refractivity contribution in [1.82, 2.24) is 0 Å². The number of carbonyl (C=O) groups excluding carboxylic acids is 2. The summed E-state index contributed by atoms with van der Waals surface area (Å²) in [5.41, 5.74) is 1.05. The molecule has 10 nitrogen and oxygen atoms in total. The third-order valence-electron chi connectivity index (χ3n) is 4.15. The maximum absolute atomic E-state index is 12.8. The normalized spacial score (nSPS) is 17.9. The van der Waals surface area contributed by atoms with E-state index in [1.165, 1.54) is 12.1 Å². The molecule has 2 aliphatic rings. The van der Waals surface area contributed by atoms with Gasteiger partial charge in [-0.1, -0.05) is 5.04 Å². The predicted octanol–water partition coefficient (Wildman–Crippen LogP) is 2.49. The fourth-order valence-electron chi connectivity index (χ4n) is 2.91. The summed E-state index contributed by atoms with van der Waals surface area (Å²) >= 11 is 0.685. The highest BCUT2D eigenvalue weighted by molar-refractivity contribution is 7.94. The Morgan fingerprint density at radius 1 is 0.893 bits per heavy atom. The van der Waals surface area contributed by atoms with Crippen LogP contribution < -0.4 is 10.6 Å². The highest BCUT2D eigenvalue weighted by Gasteiger charge is 2.35. The third-order valence-corrected chi connectivity index (χ3v) is 5.58. The molecule has 2 aliphatic heterocycles. The van der Waals surface area contributed by atoms with Crippen molar-refractivity contribution in [3.63, 3.8) is 0 Å². The van der Waals surface area contributed by atoms with Crippen molar-refractivity contribution in [2.24, 2.45) is 0 Å². The second kappa shape index (κ2) is 6.70. The van der Waals surface area contributed by atoms with Crippen LogP contribution in [0.25, 0.3) is 0 Å². The summed E-state index contributed by atoms with van der Waals surface area (Å²) in [6, 6.07) is 8.21. The minimum atomic E-state index is -4.47. The topological polar surface area (TPSA) is 151 Å². The average molecular weight is 422 g/mol. The molecule has 0 amide bonds. The van der Waals surface area contributed by atoms with E-state index in [4.69, 9.17) is 9.81 Å². The molecule has 2 heterocycles. The second-order valence-corrected chi connectivity index (χ2v) is 7.97. The Bertz CT molecular complexity index is 1170. The number of allylic oxidation sites excluding steroid dienone is 2. The zero-order valence-electron chi connectivity index (χ0n) is 13.6. The summed E-state index contributed by atoms with van der Waals surface area (Å²) in [4.78, 5) is 25.5. The molecule has 0 bridgehead atoms. The van der Waals surface area contributed by atoms with Crippen LogP contribution in [-0.2, 0) is 19.5 Å². The first kappa shape index (κ1) is 18.6. The van der Waals surface area contributed by atoms with Gasteiger partial charge in [0.15, 0.2) is 0 Å². The van der Waals surface area contributed by atoms with Crippen LogP contribution in [0.2, 0.25) is 0 Å². The van der Waals surface area contributed by atoms with E-state index in [1.54, 1.807) is 12.1 Å². The van der Waals surface area contributed by atoms with Crippen molar-refractivity contribution in [1.29, 1.82) is 0 Å². The van der Waals surface area contributed by atoms with Crippen LogP contribution in [0.5, 0.6) is 0 Å². The first-order valence-corrected chi connectivity index (χ1v) is 9.76. The molecule has 144 valence electrons. The lowest BCUT2D eigenvalue weighted by atomic mass is 10.1. The number of ketones is 2. The summed E-state index contributed by atoms with van der Waals surface area (Å²) in [5.74, 6) is -1.04. The maximum atomic E-state index is 12.8.